The number of halogens is 3. The fourth-order valence-corrected chi connectivity index (χ4v) is 4.24. The second kappa shape index (κ2) is 13.5. The monoisotopic (exact) mass is 498 g/mol. The number of rotatable bonds is 8. The zero-order chi connectivity index (χ0) is 24.5. The molecule has 8 atom stereocenters. The maximum absolute atomic E-state index is 13.7. The van der Waals surface area contributed by atoms with E-state index < -0.39 is 36.4 Å². The molecular formula is C26H33ClF2O5. The minimum absolute atomic E-state index is 0.254. The Kier molecular flexibility index (Phi) is 10.7. The van der Waals surface area contributed by atoms with Gasteiger partial charge in [0.05, 0.1) is 25.4 Å². The number of benzene rings is 2. The first kappa shape index (κ1) is 27.0. The van der Waals surface area contributed by atoms with Crippen LogP contribution in [-0.4, -0.2) is 53.7 Å². The van der Waals surface area contributed by atoms with Gasteiger partial charge in [-0.05, 0) is 24.0 Å². The highest BCUT2D eigenvalue weighted by Crippen LogP contribution is 2.31. The van der Waals surface area contributed by atoms with Crippen molar-refractivity contribution in [2.24, 2.45) is 0 Å². The number of ether oxygens (including phenoxy) is 4. The molecule has 0 amide bonds. The smallest absolute Gasteiger partial charge is 0.189 e. The number of alkyl halides is 3. The molecule has 0 aliphatic carbocycles. The topological polar surface area (TPSA) is 57.2 Å². The summed E-state index contributed by atoms with van der Waals surface area (Å²) in [5.41, 5.74) is 1.12. The molecule has 1 N–H and O–H groups in total. The summed E-state index contributed by atoms with van der Waals surface area (Å²) in [5.74, 6) is 0. The Labute approximate surface area is 204 Å². The molecular weight excluding hydrogens is 466 g/mol. The molecule has 5 nitrogen and oxygen atoms in total. The van der Waals surface area contributed by atoms with E-state index in [1.54, 1.807) is 0 Å². The van der Waals surface area contributed by atoms with E-state index in [0.29, 0.717) is 26.1 Å². The fraction of sp³-hybridized carbons (Fsp3) is 0.538. The standard InChI is InChI=1S/C13H16ClFO2.C13H17FO3/c1-2-10-12(11(15)13(14)17-10)16-8-9-6-4-3-5-7-9;1-2-10-12(11(14)13(15)17-10)16-8-9-6-4-3-5-7-9/h3-7,10-13H,2,8H2,1H3;3-7,10-13,15H,2,8H2,1H3/t10-,11+,12?,13+;10-,11+,12?,13?/m11/s1. The van der Waals surface area contributed by atoms with E-state index in [0.717, 1.165) is 11.1 Å². The lowest BCUT2D eigenvalue weighted by molar-refractivity contribution is -0.113. The molecule has 34 heavy (non-hydrogen) atoms. The first-order valence-electron chi connectivity index (χ1n) is 11.7. The van der Waals surface area contributed by atoms with Gasteiger partial charge in [0, 0.05) is 0 Å². The van der Waals surface area contributed by atoms with Crippen LogP contribution in [0.2, 0.25) is 0 Å². The van der Waals surface area contributed by atoms with E-state index in [1.807, 2.05) is 74.5 Å². The summed E-state index contributed by atoms with van der Waals surface area (Å²) in [6, 6.07) is 19.2. The van der Waals surface area contributed by atoms with Crippen molar-refractivity contribution in [1.29, 1.82) is 0 Å². The van der Waals surface area contributed by atoms with Crippen molar-refractivity contribution in [3.05, 3.63) is 71.8 Å². The van der Waals surface area contributed by atoms with Crippen LogP contribution in [0.1, 0.15) is 37.8 Å². The number of aliphatic hydroxyl groups is 1. The van der Waals surface area contributed by atoms with Crippen LogP contribution in [0.4, 0.5) is 8.78 Å². The second-order valence-electron chi connectivity index (χ2n) is 8.32. The molecule has 0 bridgehead atoms. The Bertz CT molecular complexity index is 761. The Morgan fingerprint density at radius 2 is 1.21 bits per heavy atom. The van der Waals surface area contributed by atoms with Crippen molar-refractivity contribution in [2.45, 2.75) is 88.5 Å². The Morgan fingerprint density at radius 1 is 0.765 bits per heavy atom. The Hall–Kier alpha value is -1.61. The van der Waals surface area contributed by atoms with Gasteiger partial charge in [-0.3, -0.25) is 0 Å². The summed E-state index contributed by atoms with van der Waals surface area (Å²) in [6.45, 7) is 4.54. The summed E-state index contributed by atoms with van der Waals surface area (Å²) in [6.07, 6.45) is -4.65. The molecule has 2 aliphatic heterocycles. The lowest BCUT2D eigenvalue weighted by atomic mass is 10.1. The van der Waals surface area contributed by atoms with Crippen LogP contribution in [0.5, 0.6) is 0 Å². The SMILES string of the molecule is CC[C@H]1OC(O)[C@@H](F)C1OCc1ccccc1.CC[C@H]1O[C@H](Cl)[C@@H](F)C1OCc1ccccc1. The van der Waals surface area contributed by atoms with Gasteiger partial charge in [-0.2, -0.15) is 0 Å². The molecule has 2 aromatic rings. The van der Waals surface area contributed by atoms with Crippen molar-refractivity contribution >= 4 is 11.6 Å². The highest BCUT2D eigenvalue weighted by atomic mass is 35.5. The van der Waals surface area contributed by atoms with Gasteiger partial charge in [0.1, 0.15) is 12.2 Å². The van der Waals surface area contributed by atoms with E-state index in [9.17, 15) is 13.9 Å². The van der Waals surface area contributed by atoms with Crippen LogP contribution in [0.3, 0.4) is 0 Å². The van der Waals surface area contributed by atoms with E-state index in [-0.39, 0.29) is 12.2 Å². The zero-order valence-corrected chi connectivity index (χ0v) is 20.2. The third kappa shape index (κ3) is 7.20. The minimum atomic E-state index is -1.47. The van der Waals surface area contributed by atoms with Gasteiger partial charge in [-0.1, -0.05) is 86.1 Å². The first-order valence-corrected chi connectivity index (χ1v) is 12.1. The van der Waals surface area contributed by atoms with Crippen LogP contribution in [0, 0.1) is 0 Å². The number of aliphatic hydroxyl groups excluding tert-OH is 1. The normalized spacial score (nSPS) is 32.9. The van der Waals surface area contributed by atoms with E-state index in [1.165, 1.54) is 0 Å². The van der Waals surface area contributed by atoms with Crippen LogP contribution >= 0.6 is 11.6 Å². The van der Waals surface area contributed by atoms with Crippen LogP contribution in [0.25, 0.3) is 0 Å². The van der Waals surface area contributed by atoms with Crippen molar-refractivity contribution in [3.8, 4) is 0 Å². The zero-order valence-electron chi connectivity index (χ0n) is 19.4. The van der Waals surface area contributed by atoms with Gasteiger partial charge in [0.15, 0.2) is 24.2 Å². The van der Waals surface area contributed by atoms with Crippen LogP contribution in [-0.2, 0) is 32.2 Å². The molecule has 0 aromatic heterocycles. The average Bonchev–Trinajstić information content (AvgIpc) is 3.31. The van der Waals surface area contributed by atoms with Gasteiger partial charge in [0.2, 0.25) is 0 Å². The van der Waals surface area contributed by atoms with E-state index in [2.05, 4.69) is 0 Å². The summed E-state index contributed by atoms with van der Waals surface area (Å²) < 4.78 is 48.8. The summed E-state index contributed by atoms with van der Waals surface area (Å²) in [5, 5.41) is 9.29. The molecule has 2 fully saturated rings. The lowest BCUT2D eigenvalue weighted by Crippen LogP contribution is -2.31. The fourth-order valence-electron chi connectivity index (χ4n) is 3.96. The van der Waals surface area contributed by atoms with Gasteiger partial charge in [-0.15, -0.1) is 0 Å². The quantitative estimate of drug-likeness (QED) is 0.499. The summed E-state index contributed by atoms with van der Waals surface area (Å²) in [7, 11) is 0. The molecule has 2 aliphatic rings. The molecule has 4 rings (SSSR count). The van der Waals surface area contributed by atoms with Crippen LogP contribution in [0.15, 0.2) is 60.7 Å². The van der Waals surface area contributed by atoms with E-state index >= 15 is 0 Å². The van der Waals surface area contributed by atoms with Gasteiger partial charge in [-0.25, -0.2) is 8.78 Å². The van der Waals surface area contributed by atoms with Gasteiger partial charge >= 0.3 is 0 Å². The minimum Gasteiger partial charge on any atom is -0.368 e. The van der Waals surface area contributed by atoms with Crippen LogP contribution < -0.4 is 0 Å². The third-order valence-electron chi connectivity index (χ3n) is 5.88. The molecule has 2 heterocycles. The predicted molar refractivity (Wildman–Crippen MR) is 126 cm³/mol. The summed E-state index contributed by atoms with van der Waals surface area (Å²) >= 11 is 5.74. The lowest BCUT2D eigenvalue weighted by Gasteiger charge is -2.18. The maximum atomic E-state index is 13.7. The molecule has 2 aromatic carbocycles. The first-order chi connectivity index (χ1) is 16.4. The maximum Gasteiger partial charge on any atom is 0.189 e. The Balaban J connectivity index is 0.000000191. The van der Waals surface area contributed by atoms with Gasteiger partial charge < -0.3 is 24.1 Å². The molecule has 0 spiro atoms. The Morgan fingerprint density at radius 3 is 1.68 bits per heavy atom. The molecule has 188 valence electrons. The third-order valence-corrected chi connectivity index (χ3v) is 6.22. The molecule has 0 saturated carbocycles. The second-order valence-corrected chi connectivity index (χ2v) is 8.75. The number of hydrogen-bond donors (Lipinski definition) is 1. The molecule has 2 saturated heterocycles. The predicted octanol–water partition coefficient (Wildman–Crippen LogP) is 5.32. The largest absolute Gasteiger partial charge is 0.368 e. The molecule has 8 heteroatoms. The van der Waals surface area contributed by atoms with Gasteiger partial charge in [0.25, 0.3) is 0 Å². The van der Waals surface area contributed by atoms with Crippen molar-refractivity contribution < 1.29 is 32.8 Å². The highest BCUT2D eigenvalue weighted by molar-refractivity contribution is 6.20. The average molecular weight is 499 g/mol. The summed E-state index contributed by atoms with van der Waals surface area (Å²) in [4.78, 5) is 0. The number of hydrogen-bond acceptors (Lipinski definition) is 5. The molecule has 3 unspecified atom stereocenters. The van der Waals surface area contributed by atoms with E-state index in [4.69, 9.17) is 30.5 Å². The molecule has 0 radical (unpaired) electrons. The highest BCUT2D eigenvalue weighted by Gasteiger charge is 2.45. The van der Waals surface area contributed by atoms with Crippen molar-refractivity contribution in [1.82, 2.24) is 0 Å². The van der Waals surface area contributed by atoms with Crippen molar-refractivity contribution in [2.75, 3.05) is 0 Å². The van der Waals surface area contributed by atoms with Crippen molar-refractivity contribution in [3.63, 3.8) is 0 Å².